The molecule has 0 saturated carbocycles. The van der Waals surface area contributed by atoms with E-state index in [0.717, 1.165) is 33.8 Å². The molecule has 1 aliphatic heterocycles. The fourth-order valence-corrected chi connectivity index (χ4v) is 5.21. The zero-order chi connectivity index (χ0) is 25.2. The molecule has 0 amide bonds. The maximum absolute atomic E-state index is 13.9. The topological polar surface area (TPSA) is 78.1 Å². The van der Waals surface area contributed by atoms with Gasteiger partial charge < -0.3 is 29.6 Å². The average molecular weight is 487 g/mol. The molecule has 3 aromatic rings. The lowest BCUT2D eigenvalue weighted by atomic mass is 9.78. The van der Waals surface area contributed by atoms with Gasteiger partial charge in [-0.15, -0.1) is 0 Å². The van der Waals surface area contributed by atoms with Crippen molar-refractivity contribution in [2.45, 2.75) is 24.8 Å². The Morgan fingerprint density at radius 2 is 1.50 bits per heavy atom. The third-order valence-corrected chi connectivity index (χ3v) is 6.93. The summed E-state index contributed by atoms with van der Waals surface area (Å²) >= 11 is 0. The maximum Gasteiger partial charge on any atom is 0.166 e. The van der Waals surface area contributed by atoms with Gasteiger partial charge in [-0.2, -0.15) is 0 Å². The van der Waals surface area contributed by atoms with E-state index in [1.54, 1.807) is 28.4 Å². The summed E-state index contributed by atoms with van der Waals surface area (Å²) in [5.74, 6) is 2.64. The predicted molar refractivity (Wildman–Crippen MR) is 140 cm³/mol. The number of carbonyl (C=O) groups excluding carboxylic acids is 1. The van der Waals surface area contributed by atoms with E-state index in [0.29, 0.717) is 35.8 Å². The van der Waals surface area contributed by atoms with Gasteiger partial charge in [0.15, 0.2) is 28.8 Å². The van der Waals surface area contributed by atoms with Crippen LogP contribution in [-0.4, -0.2) is 34.2 Å². The Labute approximate surface area is 211 Å². The van der Waals surface area contributed by atoms with Crippen molar-refractivity contribution in [2.24, 2.45) is 0 Å². The van der Waals surface area contributed by atoms with Gasteiger partial charge in [-0.1, -0.05) is 30.3 Å². The van der Waals surface area contributed by atoms with Crippen LogP contribution in [0.2, 0.25) is 0 Å². The minimum absolute atomic E-state index is 0.00155. The molecule has 0 saturated heterocycles. The summed E-state index contributed by atoms with van der Waals surface area (Å²) in [4.78, 5) is 13.9. The van der Waals surface area contributed by atoms with Gasteiger partial charge in [-0.25, -0.2) is 0 Å². The molecule has 5 rings (SSSR count). The van der Waals surface area contributed by atoms with Gasteiger partial charge in [-0.3, -0.25) is 4.79 Å². The second-order valence-electron chi connectivity index (χ2n) is 8.87. The Morgan fingerprint density at radius 3 is 2.22 bits per heavy atom. The van der Waals surface area contributed by atoms with Crippen LogP contribution in [0.5, 0.6) is 23.0 Å². The molecular formula is C29H30N2O5. The highest BCUT2D eigenvalue weighted by atomic mass is 16.5. The number of ketones is 1. The monoisotopic (exact) mass is 486 g/mol. The molecule has 2 N–H and O–H groups in total. The molecule has 0 radical (unpaired) electrons. The maximum atomic E-state index is 13.9. The van der Waals surface area contributed by atoms with E-state index in [4.69, 9.17) is 18.9 Å². The summed E-state index contributed by atoms with van der Waals surface area (Å²) in [5.41, 5.74) is 5.34. The van der Waals surface area contributed by atoms with Crippen LogP contribution >= 0.6 is 0 Å². The number of allylic oxidation sites excluding steroid dienone is 1. The number of benzene rings is 3. The van der Waals surface area contributed by atoms with Crippen molar-refractivity contribution in [1.82, 2.24) is 0 Å². The van der Waals surface area contributed by atoms with Gasteiger partial charge in [0.2, 0.25) is 0 Å². The van der Waals surface area contributed by atoms with Gasteiger partial charge in [0, 0.05) is 23.3 Å². The number of nitrogens with one attached hydrogen (secondary N) is 2. The zero-order valence-electron chi connectivity index (χ0n) is 20.9. The lowest BCUT2D eigenvalue weighted by Crippen LogP contribution is -2.27. The molecule has 1 heterocycles. The second-order valence-corrected chi connectivity index (χ2v) is 8.87. The molecule has 2 atom stereocenters. The molecule has 2 unspecified atom stereocenters. The lowest BCUT2D eigenvalue weighted by Gasteiger charge is -2.30. The zero-order valence-corrected chi connectivity index (χ0v) is 20.9. The quantitative estimate of drug-likeness (QED) is 0.463. The predicted octanol–water partition coefficient (Wildman–Crippen LogP) is 5.70. The molecule has 7 nitrogen and oxygen atoms in total. The van der Waals surface area contributed by atoms with Crippen molar-refractivity contribution in [3.63, 3.8) is 0 Å². The van der Waals surface area contributed by atoms with Gasteiger partial charge in [-0.05, 0) is 48.2 Å². The van der Waals surface area contributed by atoms with Crippen molar-refractivity contribution < 1.29 is 23.7 Å². The van der Waals surface area contributed by atoms with E-state index in [9.17, 15) is 4.79 Å². The highest BCUT2D eigenvalue weighted by Gasteiger charge is 2.37. The number of ether oxygens (including phenoxy) is 4. The van der Waals surface area contributed by atoms with E-state index < -0.39 is 6.04 Å². The van der Waals surface area contributed by atoms with E-state index in [2.05, 4.69) is 10.6 Å². The van der Waals surface area contributed by atoms with E-state index in [1.165, 1.54) is 0 Å². The van der Waals surface area contributed by atoms with Gasteiger partial charge in [0.05, 0.1) is 45.9 Å². The Morgan fingerprint density at radius 1 is 0.750 bits per heavy atom. The third kappa shape index (κ3) is 4.11. The molecule has 0 spiro atoms. The lowest BCUT2D eigenvalue weighted by molar-refractivity contribution is -0.116. The Bertz CT molecular complexity index is 1330. The fraction of sp³-hybridized carbons (Fsp3) is 0.276. The number of para-hydroxylation sites is 3. The number of carbonyl (C=O) groups is 1. The van der Waals surface area contributed by atoms with Crippen LogP contribution in [-0.2, 0) is 4.79 Å². The number of methoxy groups -OCH3 is 4. The smallest absolute Gasteiger partial charge is 0.166 e. The Kier molecular flexibility index (Phi) is 6.46. The normalized spacial score (nSPS) is 18.7. The SMILES string of the molecule is COc1ccc(C2CC(=O)C3=C(C2)Nc2ccccc2NC3c2cccc(OC)c2OC)cc1OC. The van der Waals surface area contributed by atoms with Crippen molar-refractivity contribution in [2.75, 3.05) is 39.1 Å². The molecule has 0 fully saturated rings. The van der Waals surface area contributed by atoms with E-state index in [-0.39, 0.29) is 11.7 Å². The minimum atomic E-state index is -0.403. The number of anilines is 2. The van der Waals surface area contributed by atoms with Gasteiger partial charge in [0.1, 0.15) is 0 Å². The molecule has 0 bridgehead atoms. The molecule has 2 aliphatic rings. The number of rotatable bonds is 6. The van der Waals surface area contributed by atoms with Gasteiger partial charge >= 0.3 is 0 Å². The molecule has 36 heavy (non-hydrogen) atoms. The summed E-state index contributed by atoms with van der Waals surface area (Å²) in [6.45, 7) is 0. The van der Waals surface area contributed by atoms with Crippen LogP contribution in [0.15, 0.2) is 71.9 Å². The second kappa shape index (κ2) is 9.85. The Hall–Kier alpha value is -4.13. The first kappa shape index (κ1) is 23.6. The Balaban J connectivity index is 1.62. The minimum Gasteiger partial charge on any atom is -0.493 e. The highest BCUT2D eigenvalue weighted by Crippen LogP contribution is 2.47. The first-order valence-electron chi connectivity index (χ1n) is 11.9. The number of hydrogen-bond acceptors (Lipinski definition) is 7. The van der Waals surface area contributed by atoms with E-state index in [1.807, 2.05) is 60.7 Å². The van der Waals surface area contributed by atoms with Crippen LogP contribution in [0.1, 0.15) is 35.9 Å². The van der Waals surface area contributed by atoms with Crippen molar-refractivity contribution in [3.8, 4) is 23.0 Å². The highest BCUT2D eigenvalue weighted by molar-refractivity contribution is 6.01. The van der Waals surface area contributed by atoms with E-state index >= 15 is 0 Å². The standard InChI is InChI=1S/C29H30N2O5/c1-33-24-13-12-17(16-26(24)35-3)18-14-22-27(23(32)15-18)28(31-21-10-6-5-9-20(21)30-22)19-8-7-11-25(34-2)29(19)36-4/h5-13,16,18,28,30-31H,14-15H2,1-4H3. The number of Topliss-reactive ketones (excluding diaryl/α,β-unsaturated/α-hetero) is 1. The molecule has 1 aliphatic carbocycles. The average Bonchev–Trinajstić information content (AvgIpc) is 3.08. The summed E-state index contributed by atoms with van der Waals surface area (Å²) in [6.07, 6.45) is 1.06. The van der Waals surface area contributed by atoms with Crippen molar-refractivity contribution in [1.29, 1.82) is 0 Å². The molecular weight excluding hydrogens is 456 g/mol. The summed E-state index contributed by atoms with van der Waals surface area (Å²) in [7, 11) is 6.47. The van der Waals surface area contributed by atoms with Crippen molar-refractivity contribution in [3.05, 3.63) is 83.1 Å². The van der Waals surface area contributed by atoms with Gasteiger partial charge in [0.25, 0.3) is 0 Å². The van der Waals surface area contributed by atoms with Crippen LogP contribution in [0, 0.1) is 0 Å². The third-order valence-electron chi connectivity index (χ3n) is 6.93. The van der Waals surface area contributed by atoms with Crippen LogP contribution in [0.3, 0.4) is 0 Å². The first-order valence-corrected chi connectivity index (χ1v) is 11.9. The first-order chi connectivity index (χ1) is 17.6. The summed E-state index contributed by atoms with van der Waals surface area (Å²) in [6, 6.07) is 19.2. The van der Waals surface area contributed by atoms with Crippen LogP contribution in [0.4, 0.5) is 11.4 Å². The largest absolute Gasteiger partial charge is 0.493 e. The van der Waals surface area contributed by atoms with Crippen LogP contribution in [0.25, 0.3) is 0 Å². The summed E-state index contributed by atoms with van der Waals surface area (Å²) in [5, 5.41) is 7.18. The number of hydrogen-bond donors (Lipinski definition) is 2. The fourth-order valence-electron chi connectivity index (χ4n) is 5.21. The molecule has 3 aromatic carbocycles. The van der Waals surface area contributed by atoms with Crippen molar-refractivity contribution >= 4 is 17.2 Å². The van der Waals surface area contributed by atoms with Crippen LogP contribution < -0.4 is 29.6 Å². The molecule has 7 heteroatoms. The summed E-state index contributed by atoms with van der Waals surface area (Å²) < 4.78 is 22.2. The number of fused-ring (bicyclic) bond motifs is 1. The molecule has 0 aromatic heterocycles. The molecule has 186 valence electrons.